The zero-order valence-corrected chi connectivity index (χ0v) is 12.4. The molecule has 1 aliphatic rings. The number of thiophene rings is 1. The van der Waals surface area contributed by atoms with Crippen LogP contribution in [0.5, 0.6) is 0 Å². The summed E-state index contributed by atoms with van der Waals surface area (Å²) in [5.41, 5.74) is -0.738. The Kier molecular flexibility index (Phi) is 4.65. The minimum Gasteiger partial charge on any atom is -0.481 e. The van der Waals surface area contributed by atoms with Crippen LogP contribution in [0.1, 0.15) is 31.1 Å². The van der Waals surface area contributed by atoms with Crippen molar-refractivity contribution in [2.75, 3.05) is 13.1 Å². The number of hydrogen-bond acceptors (Lipinski definition) is 3. The molecular formula is C14H20N2O3S. The van der Waals surface area contributed by atoms with Crippen LogP contribution < -0.4 is 5.32 Å². The highest BCUT2D eigenvalue weighted by Gasteiger charge is 2.44. The summed E-state index contributed by atoms with van der Waals surface area (Å²) < 4.78 is 0. The van der Waals surface area contributed by atoms with Crippen molar-refractivity contribution in [3.05, 3.63) is 22.4 Å². The molecule has 1 aromatic heterocycles. The van der Waals surface area contributed by atoms with E-state index in [1.165, 1.54) is 0 Å². The molecule has 1 aliphatic carbocycles. The number of nitrogens with one attached hydrogen (secondary N) is 1. The molecule has 0 saturated heterocycles. The third-order valence-corrected chi connectivity index (χ3v) is 4.80. The topological polar surface area (TPSA) is 69.6 Å². The van der Waals surface area contributed by atoms with Gasteiger partial charge in [0.25, 0.3) is 0 Å². The van der Waals surface area contributed by atoms with Gasteiger partial charge in [-0.25, -0.2) is 4.79 Å². The Morgan fingerprint density at radius 3 is 2.70 bits per heavy atom. The van der Waals surface area contributed by atoms with Crippen molar-refractivity contribution in [1.82, 2.24) is 10.2 Å². The lowest BCUT2D eigenvalue weighted by atomic mass is 9.69. The first-order valence-electron chi connectivity index (χ1n) is 6.86. The molecule has 0 radical (unpaired) electrons. The van der Waals surface area contributed by atoms with Crippen LogP contribution in [0.4, 0.5) is 4.79 Å². The fourth-order valence-corrected chi connectivity index (χ4v) is 3.06. The van der Waals surface area contributed by atoms with E-state index in [2.05, 4.69) is 5.32 Å². The molecule has 2 rings (SSSR count). The number of carboxylic acid groups (broad SMARTS) is 1. The van der Waals surface area contributed by atoms with Gasteiger partial charge >= 0.3 is 12.0 Å². The van der Waals surface area contributed by atoms with Gasteiger partial charge in [-0.1, -0.05) is 12.5 Å². The number of nitrogens with zero attached hydrogens (tertiary/aromatic N) is 1. The molecule has 6 heteroatoms. The third kappa shape index (κ3) is 3.12. The number of hydrogen-bond donors (Lipinski definition) is 2. The molecule has 1 fully saturated rings. The van der Waals surface area contributed by atoms with Gasteiger partial charge in [-0.05, 0) is 31.2 Å². The normalized spacial score (nSPS) is 16.2. The molecule has 1 saturated carbocycles. The average Bonchev–Trinajstić information content (AvgIpc) is 2.86. The van der Waals surface area contributed by atoms with Gasteiger partial charge in [0.2, 0.25) is 0 Å². The second-order valence-electron chi connectivity index (χ2n) is 5.19. The van der Waals surface area contributed by atoms with Crippen molar-refractivity contribution in [3.63, 3.8) is 0 Å². The number of carboxylic acids is 1. The van der Waals surface area contributed by atoms with Gasteiger partial charge in [0.05, 0.1) is 12.0 Å². The van der Waals surface area contributed by atoms with Gasteiger partial charge < -0.3 is 15.3 Å². The first-order chi connectivity index (χ1) is 9.57. The van der Waals surface area contributed by atoms with E-state index in [4.69, 9.17) is 0 Å². The summed E-state index contributed by atoms with van der Waals surface area (Å²) in [4.78, 5) is 26.2. The van der Waals surface area contributed by atoms with E-state index in [0.717, 1.165) is 11.3 Å². The second-order valence-corrected chi connectivity index (χ2v) is 6.22. The average molecular weight is 296 g/mol. The van der Waals surface area contributed by atoms with Crippen LogP contribution in [0.2, 0.25) is 0 Å². The van der Waals surface area contributed by atoms with E-state index < -0.39 is 11.4 Å². The maximum absolute atomic E-state index is 12.1. The summed E-state index contributed by atoms with van der Waals surface area (Å²) in [7, 11) is 0. The molecule has 5 nitrogen and oxygen atoms in total. The van der Waals surface area contributed by atoms with Crippen molar-refractivity contribution < 1.29 is 14.7 Å². The lowest BCUT2D eigenvalue weighted by Crippen LogP contribution is -2.50. The van der Waals surface area contributed by atoms with E-state index in [0.29, 0.717) is 25.9 Å². The van der Waals surface area contributed by atoms with E-state index in [-0.39, 0.29) is 12.6 Å². The predicted octanol–water partition coefficient (Wildman–Crippen LogP) is 2.53. The molecule has 2 amide bonds. The van der Waals surface area contributed by atoms with Gasteiger partial charge in [-0.3, -0.25) is 4.79 Å². The highest BCUT2D eigenvalue weighted by molar-refractivity contribution is 7.09. The maximum atomic E-state index is 12.1. The fraction of sp³-hybridized carbons (Fsp3) is 0.571. The van der Waals surface area contributed by atoms with Crippen LogP contribution >= 0.6 is 11.3 Å². The zero-order chi connectivity index (χ0) is 14.6. The molecule has 20 heavy (non-hydrogen) atoms. The van der Waals surface area contributed by atoms with Gasteiger partial charge in [0.1, 0.15) is 0 Å². The zero-order valence-electron chi connectivity index (χ0n) is 11.6. The lowest BCUT2D eigenvalue weighted by molar-refractivity contribution is -0.153. The lowest BCUT2D eigenvalue weighted by Gasteiger charge is -2.38. The van der Waals surface area contributed by atoms with Gasteiger partial charge in [-0.15, -0.1) is 11.3 Å². The summed E-state index contributed by atoms with van der Waals surface area (Å²) in [6.45, 7) is 3.31. The van der Waals surface area contributed by atoms with Crippen LogP contribution in [0.15, 0.2) is 17.5 Å². The van der Waals surface area contributed by atoms with Crippen molar-refractivity contribution >= 4 is 23.3 Å². The Balaban J connectivity index is 1.88. The fourth-order valence-electron chi connectivity index (χ4n) is 2.34. The molecule has 1 aromatic rings. The Morgan fingerprint density at radius 1 is 1.50 bits per heavy atom. The van der Waals surface area contributed by atoms with E-state index in [1.807, 2.05) is 24.4 Å². The van der Waals surface area contributed by atoms with Crippen molar-refractivity contribution in [2.24, 2.45) is 5.41 Å². The molecule has 0 unspecified atom stereocenters. The molecule has 0 atom stereocenters. The highest BCUT2D eigenvalue weighted by atomic mass is 32.1. The molecule has 0 bridgehead atoms. The monoisotopic (exact) mass is 296 g/mol. The Labute approximate surface area is 122 Å². The number of urea groups is 1. The molecule has 1 heterocycles. The highest BCUT2D eigenvalue weighted by Crippen LogP contribution is 2.40. The molecule has 0 spiro atoms. The Hall–Kier alpha value is -1.56. The van der Waals surface area contributed by atoms with E-state index >= 15 is 0 Å². The van der Waals surface area contributed by atoms with Crippen molar-refractivity contribution in [1.29, 1.82) is 0 Å². The Morgan fingerprint density at radius 2 is 2.25 bits per heavy atom. The van der Waals surface area contributed by atoms with Crippen LogP contribution in [-0.2, 0) is 11.3 Å². The van der Waals surface area contributed by atoms with Crippen molar-refractivity contribution in [2.45, 2.75) is 32.7 Å². The first kappa shape index (κ1) is 14.8. The summed E-state index contributed by atoms with van der Waals surface area (Å²) in [5, 5.41) is 14.0. The van der Waals surface area contributed by atoms with Crippen LogP contribution in [0.25, 0.3) is 0 Å². The van der Waals surface area contributed by atoms with Crippen LogP contribution in [0, 0.1) is 5.41 Å². The standard InChI is InChI=1S/C14H20N2O3S/c1-2-16(9-11-5-3-8-20-11)13(19)15-10-14(12(17)18)6-4-7-14/h3,5,8H,2,4,6-7,9-10H2,1H3,(H,15,19)(H,17,18). The van der Waals surface area contributed by atoms with Gasteiger partial charge in [0, 0.05) is 18.0 Å². The minimum atomic E-state index is -0.801. The second kappa shape index (κ2) is 6.26. The van der Waals surface area contributed by atoms with Crippen molar-refractivity contribution in [3.8, 4) is 0 Å². The quantitative estimate of drug-likeness (QED) is 0.847. The summed E-state index contributed by atoms with van der Waals surface area (Å²) >= 11 is 1.61. The van der Waals surface area contributed by atoms with E-state index in [9.17, 15) is 14.7 Å². The number of amides is 2. The van der Waals surface area contributed by atoms with Crippen LogP contribution in [0.3, 0.4) is 0 Å². The largest absolute Gasteiger partial charge is 0.481 e. The number of carbonyl (C=O) groups excluding carboxylic acids is 1. The van der Waals surface area contributed by atoms with Crippen LogP contribution in [-0.4, -0.2) is 35.1 Å². The number of carbonyl (C=O) groups is 2. The summed E-state index contributed by atoms with van der Waals surface area (Å²) in [6, 6.07) is 3.76. The molecule has 2 N–H and O–H groups in total. The molecule has 110 valence electrons. The Bertz CT molecular complexity index is 469. The molecule has 0 aliphatic heterocycles. The first-order valence-corrected chi connectivity index (χ1v) is 7.74. The molecule has 0 aromatic carbocycles. The maximum Gasteiger partial charge on any atom is 0.317 e. The predicted molar refractivity (Wildman–Crippen MR) is 77.7 cm³/mol. The summed E-state index contributed by atoms with van der Waals surface area (Å²) in [5.74, 6) is -0.801. The summed E-state index contributed by atoms with van der Waals surface area (Å²) in [6.07, 6.45) is 2.23. The van der Waals surface area contributed by atoms with E-state index in [1.54, 1.807) is 16.2 Å². The van der Waals surface area contributed by atoms with Gasteiger partial charge in [0.15, 0.2) is 0 Å². The molecular weight excluding hydrogens is 276 g/mol. The third-order valence-electron chi connectivity index (χ3n) is 3.94. The smallest absolute Gasteiger partial charge is 0.317 e. The number of rotatable bonds is 6. The number of aliphatic carboxylic acids is 1. The van der Waals surface area contributed by atoms with Gasteiger partial charge in [-0.2, -0.15) is 0 Å². The SMILES string of the molecule is CCN(Cc1cccs1)C(=O)NCC1(C(=O)O)CCC1. The minimum absolute atomic E-state index is 0.187.